The van der Waals surface area contributed by atoms with E-state index in [-0.39, 0.29) is 0 Å². The molecule has 3 atom stereocenters. The minimum atomic E-state index is -0.560. The van der Waals surface area contributed by atoms with Gasteiger partial charge in [-0.15, -0.1) is 0 Å². The molecule has 0 aromatic heterocycles. The monoisotopic (exact) mass is 245 g/mol. The molecular formula is C13H27NOS. The van der Waals surface area contributed by atoms with Crippen LogP contribution in [-0.2, 0) is 0 Å². The lowest BCUT2D eigenvalue weighted by atomic mass is 9.93. The summed E-state index contributed by atoms with van der Waals surface area (Å²) in [6, 6.07) is 0.581. The molecule has 0 bridgehead atoms. The van der Waals surface area contributed by atoms with Crippen molar-refractivity contribution in [3.8, 4) is 0 Å². The SMILES string of the molecule is CC(C)CC(C)(O)CNC1CCCSC1C. The maximum Gasteiger partial charge on any atom is 0.0746 e. The number of rotatable bonds is 5. The number of aliphatic hydroxyl groups is 1. The third-order valence-corrected chi connectivity index (χ3v) is 4.58. The van der Waals surface area contributed by atoms with E-state index < -0.39 is 5.60 Å². The Hall–Kier alpha value is 0.270. The van der Waals surface area contributed by atoms with Gasteiger partial charge in [0.05, 0.1) is 5.60 Å². The van der Waals surface area contributed by atoms with Crippen LogP contribution >= 0.6 is 11.8 Å². The van der Waals surface area contributed by atoms with E-state index in [4.69, 9.17) is 0 Å². The average molecular weight is 245 g/mol. The molecule has 0 amide bonds. The van der Waals surface area contributed by atoms with E-state index in [2.05, 4.69) is 26.1 Å². The van der Waals surface area contributed by atoms with Gasteiger partial charge in [0.1, 0.15) is 0 Å². The van der Waals surface area contributed by atoms with Crippen molar-refractivity contribution in [2.24, 2.45) is 5.92 Å². The maximum absolute atomic E-state index is 10.2. The van der Waals surface area contributed by atoms with Crippen molar-refractivity contribution in [2.45, 2.75) is 63.9 Å². The molecule has 0 saturated carbocycles. The van der Waals surface area contributed by atoms with E-state index in [0.717, 1.165) is 13.0 Å². The first-order valence-electron chi connectivity index (χ1n) is 6.48. The quantitative estimate of drug-likeness (QED) is 0.781. The van der Waals surface area contributed by atoms with Gasteiger partial charge in [-0.2, -0.15) is 11.8 Å². The van der Waals surface area contributed by atoms with Crippen LogP contribution in [0.5, 0.6) is 0 Å². The molecule has 2 nitrogen and oxygen atoms in total. The van der Waals surface area contributed by atoms with E-state index in [0.29, 0.717) is 17.2 Å². The Balaban J connectivity index is 2.31. The van der Waals surface area contributed by atoms with Crippen molar-refractivity contribution >= 4 is 11.8 Å². The molecule has 0 aromatic rings. The minimum Gasteiger partial charge on any atom is -0.389 e. The summed E-state index contributed by atoms with van der Waals surface area (Å²) in [5, 5.41) is 14.5. The maximum atomic E-state index is 10.2. The Kier molecular flexibility index (Phi) is 5.62. The van der Waals surface area contributed by atoms with Crippen molar-refractivity contribution in [2.75, 3.05) is 12.3 Å². The first-order chi connectivity index (χ1) is 7.41. The number of thioether (sulfide) groups is 1. The third kappa shape index (κ3) is 5.07. The van der Waals surface area contributed by atoms with Crippen LogP contribution in [0.2, 0.25) is 0 Å². The highest BCUT2D eigenvalue weighted by Crippen LogP contribution is 2.25. The molecule has 96 valence electrons. The zero-order chi connectivity index (χ0) is 12.2. The molecule has 3 heteroatoms. The summed E-state index contributed by atoms with van der Waals surface area (Å²) in [6.07, 6.45) is 3.43. The van der Waals surface area contributed by atoms with Gasteiger partial charge in [0.2, 0.25) is 0 Å². The smallest absolute Gasteiger partial charge is 0.0746 e. The molecule has 0 aromatic carbocycles. The molecule has 0 spiro atoms. The van der Waals surface area contributed by atoms with Crippen LogP contribution in [-0.4, -0.2) is 34.3 Å². The molecule has 1 aliphatic heterocycles. The van der Waals surface area contributed by atoms with Crippen LogP contribution in [0.3, 0.4) is 0 Å². The second-order valence-electron chi connectivity index (χ2n) is 5.80. The molecule has 1 heterocycles. The fourth-order valence-corrected chi connectivity index (χ4v) is 3.66. The highest BCUT2D eigenvalue weighted by molar-refractivity contribution is 7.99. The lowest BCUT2D eigenvalue weighted by Crippen LogP contribution is -2.47. The standard InChI is InChI=1S/C13H27NOS/c1-10(2)8-13(4,15)9-14-12-6-5-7-16-11(12)3/h10-12,14-15H,5-9H2,1-4H3. The zero-order valence-corrected chi connectivity index (χ0v) is 11.9. The number of nitrogens with one attached hydrogen (secondary N) is 1. The van der Waals surface area contributed by atoms with Gasteiger partial charge in [-0.05, 0) is 37.9 Å². The Morgan fingerprint density at radius 1 is 1.50 bits per heavy atom. The first-order valence-corrected chi connectivity index (χ1v) is 7.53. The van der Waals surface area contributed by atoms with E-state index in [1.165, 1.54) is 18.6 Å². The molecule has 2 N–H and O–H groups in total. The van der Waals surface area contributed by atoms with Gasteiger partial charge in [0.25, 0.3) is 0 Å². The predicted octanol–water partition coefficient (Wildman–Crippen LogP) is 2.66. The molecular weight excluding hydrogens is 218 g/mol. The van der Waals surface area contributed by atoms with Crippen molar-refractivity contribution in [1.82, 2.24) is 5.32 Å². The second kappa shape index (κ2) is 6.27. The van der Waals surface area contributed by atoms with Gasteiger partial charge < -0.3 is 10.4 Å². The van der Waals surface area contributed by atoms with Crippen LogP contribution in [0.1, 0.15) is 47.0 Å². The predicted molar refractivity (Wildman–Crippen MR) is 73.0 cm³/mol. The lowest BCUT2D eigenvalue weighted by Gasteiger charge is -2.33. The Morgan fingerprint density at radius 3 is 2.75 bits per heavy atom. The van der Waals surface area contributed by atoms with Crippen LogP contribution in [0.15, 0.2) is 0 Å². The summed E-state index contributed by atoms with van der Waals surface area (Å²) in [5.41, 5.74) is -0.560. The molecule has 0 radical (unpaired) electrons. The van der Waals surface area contributed by atoms with E-state index in [9.17, 15) is 5.11 Å². The van der Waals surface area contributed by atoms with Gasteiger partial charge in [-0.1, -0.05) is 20.8 Å². The molecule has 3 unspecified atom stereocenters. The molecule has 0 aliphatic carbocycles. The fraction of sp³-hybridized carbons (Fsp3) is 1.00. The summed E-state index contributed by atoms with van der Waals surface area (Å²) in [6.45, 7) is 9.28. The topological polar surface area (TPSA) is 32.3 Å². The van der Waals surface area contributed by atoms with Gasteiger partial charge >= 0.3 is 0 Å². The van der Waals surface area contributed by atoms with Crippen molar-refractivity contribution in [3.05, 3.63) is 0 Å². The average Bonchev–Trinajstić information content (AvgIpc) is 2.14. The number of hydrogen-bond acceptors (Lipinski definition) is 3. The largest absolute Gasteiger partial charge is 0.389 e. The number of hydrogen-bond donors (Lipinski definition) is 2. The highest BCUT2D eigenvalue weighted by Gasteiger charge is 2.26. The fourth-order valence-electron chi connectivity index (χ4n) is 2.49. The van der Waals surface area contributed by atoms with Crippen molar-refractivity contribution in [1.29, 1.82) is 0 Å². The first kappa shape index (κ1) is 14.3. The van der Waals surface area contributed by atoms with E-state index in [1.54, 1.807) is 0 Å². The molecule has 1 aliphatic rings. The third-order valence-electron chi connectivity index (χ3n) is 3.20. The summed E-state index contributed by atoms with van der Waals surface area (Å²) < 4.78 is 0. The Morgan fingerprint density at radius 2 is 2.19 bits per heavy atom. The van der Waals surface area contributed by atoms with Crippen LogP contribution in [0.25, 0.3) is 0 Å². The second-order valence-corrected chi connectivity index (χ2v) is 7.29. The van der Waals surface area contributed by atoms with Crippen molar-refractivity contribution < 1.29 is 5.11 Å². The van der Waals surface area contributed by atoms with Gasteiger partial charge in [0.15, 0.2) is 0 Å². The Labute approximate surface area is 105 Å². The summed E-state index contributed by atoms with van der Waals surface area (Å²) in [5.74, 6) is 1.84. The minimum absolute atomic E-state index is 0.551. The van der Waals surface area contributed by atoms with Gasteiger partial charge in [-0.3, -0.25) is 0 Å². The lowest BCUT2D eigenvalue weighted by molar-refractivity contribution is 0.0355. The van der Waals surface area contributed by atoms with Crippen LogP contribution in [0, 0.1) is 5.92 Å². The summed E-state index contributed by atoms with van der Waals surface area (Å²) in [4.78, 5) is 0. The molecule has 1 rings (SSSR count). The highest BCUT2D eigenvalue weighted by atomic mass is 32.2. The molecule has 16 heavy (non-hydrogen) atoms. The van der Waals surface area contributed by atoms with Crippen molar-refractivity contribution in [3.63, 3.8) is 0 Å². The summed E-state index contributed by atoms with van der Waals surface area (Å²) >= 11 is 2.05. The molecule has 1 saturated heterocycles. The van der Waals surface area contributed by atoms with Gasteiger partial charge in [-0.25, -0.2) is 0 Å². The van der Waals surface area contributed by atoms with Gasteiger partial charge in [0, 0.05) is 17.8 Å². The van der Waals surface area contributed by atoms with Crippen LogP contribution in [0.4, 0.5) is 0 Å². The zero-order valence-electron chi connectivity index (χ0n) is 11.1. The summed E-state index contributed by atoms with van der Waals surface area (Å²) in [7, 11) is 0. The van der Waals surface area contributed by atoms with Crippen LogP contribution < -0.4 is 5.32 Å². The molecule has 1 fully saturated rings. The normalized spacial score (nSPS) is 30.4. The Bertz CT molecular complexity index is 206. The van der Waals surface area contributed by atoms with E-state index >= 15 is 0 Å². The van der Waals surface area contributed by atoms with E-state index in [1.807, 2.05) is 18.7 Å².